The molecule has 0 radical (unpaired) electrons. The largest absolute Gasteiger partial charge is 0.351 e. The minimum Gasteiger partial charge on any atom is -0.351 e. The maximum absolute atomic E-state index is 12.3. The second-order valence-corrected chi connectivity index (χ2v) is 5.43. The summed E-state index contributed by atoms with van der Waals surface area (Å²) in [5.41, 5.74) is 1.01. The van der Waals surface area contributed by atoms with Gasteiger partial charge < -0.3 is 5.32 Å². The van der Waals surface area contributed by atoms with Gasteiger partial charge in [0.2, 0.25) is 5.91 Å². The zero-order valence-electron chi connectivity index (χ0n) is 11.4. The third-order valence-electron chi connectivity index (χ3n) is 3.55. The Kier molecular flexibility index (Phi) is 4.77. The first-order valence-corrected chi connectivity index (χ1v) is 7.03. The highest BCUT2D eigenvalue weighted by Crippen LogP contribution is 2.49. The Bertz CT molecular complexity index is 604. The van der Waals surface area contributed by atoms with E-state index in [1.54, 1.807) is 18.2 Å². The lowest BCUT2D eigenvalue weighted by molar-refractivity contribution is -0.132. The van der Waals surface area contributed by atoms with Crippen molar-refractivity contribution >= 4 is 23.3 Å². The summed E-state index contributed by atoms with van der Waals surface area (Å²) in [5, 5.41) is 12.2. The number of nitrogens with zero attached hydrogens (tertiary/aromatic N) is 1. The topological polar surface area (TPSA) is 70.0 Å². The van der Waals surface area contributed by atoms with Gasteiger partial charge in [0.05, 0.1) is 6.07 Å². The number of nitrogens with one attached hydrogen (secondary N) is 1. The second kappa shape index (κ2) is 6.55. The van der Waals surface area contributed by atoms with Gasteiger partial charge >= 0.3 is 0 Å². The van der Waals surface area contributed by atoms with Crippen molar-refractivity contribution in [3.8, 4) is 6.07 Å². The van der Waals surface area contributed by atoms with E-state index in [0.717, 1.165) is 5.56 Å². The average molecular weight is 303 g/mol. The van der Waals surface area contributed by atoms with Crippen molar-refractivity contribution in [2.75, 3.05) is 6.54 Å². The zero-order chi connectivity index (χ0) is 15.4. The Hall–Kier alpha value is -2.12. The molecular weight excluding hydrogens is 288 g/mol. The molecule has 1 N–H and O–H groups in total. The molecule has 21 heavy (non-hydrogen) atoms. The molecule has 2 rings (SSSR count). The van der Waals surface area contributed by atoms with Gasteiger partial charge in [-0.3, -0.25) is 9.59 Å². The highest BCUT2D eigenvalue weighted by Gasteiger charge is 2.47. The Morgan fingerprint density at radius 1 is 1.48 bits per heavy atom. The van der Waals surface area contributed by atoms with Crippen LogP contribution in [0.15, 0.2) is 36.9 Å². The van der Waals surface area contributed by atoms with Crippen LogP contribution in [0.2, 0.25) is 5.02 Å². The third kappa shape index (κ3) is 3.50. The van der Waals surface area contributed by atoms with Gasteiger partial charge in [-0.25, -0.2) is 0 Å². The van der Waals surface area contributed by atoms with E-state index in [2.05, 4.69) is 11.9 Å². The first-order valence-electron chi connectivity index (χ1n) is 6.66. The third-order valence-corrected chi connectivity index (χ3v) is 3.80. The molecule has 0 aliphatic heterocycles. The number of hydrogen-bond acceptors (Lipinski definition) is 3. The van der Waals surface area contributed by atoms with Gasteiger partial charge in [0.25, 0.3) is 0 Å². The fourth-order valence-corrected chi connectivity index (χ4v) is 2.45. The molecule has 1 saturated carbocycles. The molecule has 0 heterocycles. The van der Waals surface area contributed by atoms with E-state index in [9.17, 15) is 9.59 Å². The number of Topliss-reactive ketones (excluding diaryl/α,β-unsaturated/α-hetero) is 1. The van der Waals surface area contributed by atoms with Crippen LogP contribution in [0.3, 0.4) is 0 Å². The summed E-state index contributed by atoms with van der Waals surface area (Å²) in [6.45, 7) is 3.72. The van der Waals surface area contributed by atoms with E-state index in [-0.39, 0.29) is 24.2 Å². The SMILES string of the molecule is C=CCNC(=O)[C@H](C#N)C(=O)[C@@H]1C[C@H]1c1ccc(Cl)cc1. The smallest absolute Gasteiger partial charge is 0.245 e. The van der Waals surface area contributed by atoms with Gasteiger partial charge in [0.1, 0.15) is 0 Å². The number of amides is 1. The van der Waals surface area contributed by atoms with Crippen molar-refractivity contribution < 1.29 is 9.59 Å². The van der Waals surface area contributed by atoms with Crippen LogP contribution in [-0.4, -0.2) is 18.2 Å². The quantitative estimate of drug-likeness (QED) is 0.648. The summed E-state index contributed by atoms with van der Waals surface area (Å²) in [6.07, 6.45) is 2.18. The molecule has 0 aromatic heterocycles. The van der Waals surface area contributed by atoms with Gasteiger partial charge in [0.15, 0.2) is 11.7 Å². The summed E-state index contributed by atoms with van der Waals surface area (Å²) in [7, 11) is 0. The van der Waals surface area contributed by atoms with Gasteiger partial charge in [-0.2, -0.15) is 5.26 Å². The van der Waals surface area contributed by atoms with Crippen LogP contribution in [-0.2, 0) is 9.59 Å². The molecule has 3 atom stereocenters. The predicted molar refractivity (Wildman–Crippen MR) is 79.6 cm³/mol. The molecule has 1 aliphatic carbocycles. The highest BCUT2D eigenvalue weighted by molar-refractivity contribution is 6.30. The van der Waals surface area contributed by atoms with E-state index in [4.69, 9.17) is 16.9 Å². The Balaban J connectivity index is 2.01. The van der Waals surface area contributed by atoms with Crippen molar-refractivity contribution in [1.82, 2.24) is 5.32 Å². The van der Waals surface area contributed by atoms with Crippen molar-refractivity contribution in [3.05, 3.63) is 47.5 Å². The fourth-order valence-electron chi connectivity index (χ4n) is 2.33. The second-order valence-electron chi connectivity index (χ2n) is 5.00. The van der Waals surface area contributed by atoms with E-state index < -0.39 is 11.8 Å². The summed E-state index contributed by atoms with van der Waals surface area (Å²) in [5.74, 6) is -2.28. The molecule has 1 fully saturated rings. The van der Waals surface area contributed by atoms with Gasteiger partial charge in [-0.05, 0) is 30.0 Å². The lowest BCUT2D eigenvalue weighted by atomic mass is 9.98. The van der Waals surface area contributed by atoms with Gasteiger partial charge in [-0.15, -0.1) is 6.58 Å². The van der Waals surface area contributed by atoms with Crippen molar-refractivity contribution in [3.63, 3.8) is 0 Å². The van der Waals surface area contributed by atoms with Crippen LogP contribution < -0.4 is 5.32 Å². The molecule has 0 bridgehead atoms. The van der Waals surface area contributed by atoms with Crippen molar-refractivity contribution in [2.45, 2.75) is 12.3 Å². The summed E-state index contributed by atoms with van der Waals surface area (Å²) in [4.78, 5) is 24.0. The monoisotopic (exact) mass is 302 g/mol. The number of carbonyl (C=O) groups is 2. The number of carbonyl (C=O) groups excluding carboxylic acids is 2. The average Bonchev–Trinajstić information content (AvgIpc) is 3.27. The fraction of sp³-hybridized carbons (Fsp3) is 0.312. The molecule has 0 spiro atoms. The molecule has 4 nitrogen and oxygen atoms in total. The number of hydrogen-bond donors (Lipinski definition) is 1. The number of benzene rings is 1. The van der Waals surface area contributed by atoms with Crippen LogP contribution in [0.1, 0.15) is 17.9 Å². The molecular formula is C16H15ClN2O2. The summed E-state index contributed by atoms with van der Waals surface area (Å²) in [6, 6.07) is 9.09. The lowest BCUT2D eigenvalue weighted by Gasteiger charge is -2.08. The summed E-state index contributed by atoms with van der Waals surface area (Å²) >= 11 is 5.83. The van der Waals surface area contributed by atoms with Crippen LogP contribution in [0.25, 0.3) is 0 Å². The first-order chi connectivity index (χ1) is 10.1. The van der Waals surface area contributed by atoms with Crippen molar-refractivity contribution in [2.24, 2.45) is 11.8 Å². The van der Waals surface area contributed by atoms with Crippen LogP contribution >= 0.6 is 11.6 Å². The predicted octanol–water partition coefficient (Wildman–Crippen LogP) is 2.45. The van der Waals surface area contributed by atoms with Crippen LogP contribution in [0.5, 0.6) is 0 Å². The Labute approximate surface area is 128 Å². The molecule has 1 amide bonds. The number of rotatable bonds is 6. The molecule has 0 unspecified atom stereocenters. The number of halogens is 1. The van der Waals surface area contributed by atoms with E-state index in [0.29, 0.717) is 11.4 Å². The van der Waals surface area contributed by atoms with E-state index in [1.165, 1.54) is 6.08 Å². The molecule has 1 aromatic carbocycles. The molecule has 108 valence electrons. The molecule has 1 aliphatic rings. The Morgan fingerprint density at radius 2 is 2.14 bits per heavy atom. The minimum absolute atomic E-state index is 0.0813. The zero-order valence-corrected chi connectivity index (χ0v) is 12.1. The maximum atomic E-state index is 12.3. The maximum Gasteiger partial charge on any atom is 0.245 e. The first kappa shape index (κ1) is 15.3. The summed E-state index contributed by atoms with van der Waals surface area (Å²) < 4.78 is 0. The molecule has 1 aromatic rings. The van der Waals surface area contributed by atoms with Crippen LogP contribution in [0.4, 0.5) is 0 Å². The minimum atomic E-state index is -1.24. The van der Waals surface area contributed by atoms with E-state index in [1.807, 2.05) is 12.1 Å². The van der Waals surface area contributed by atoms with Gasteiger partial charge in [0, 0.05) is 17.5 Å². The number of nitriles is 1. The standard InChI is InChI=1S/C16H15ClN2O2/c1-2-7-19-16(21)14(9-18)15(20)13-8-12(13)10-3-5-11(17)6-4-10/h2-6,12-14H,1,7-8H2,(H,19,21)/t12-,13+,14+/m0/s1. The van der Waals surface area contributed by atoms with Crippen LogP contribution in [0, 0.1) is 23.2 Å². The van der Waals surface area contributed by atoms with Crippen molar-refractivity contribution in [1.29, 1.82) is 5.26 Å². The Morgan fingerprint density at radius 3 is 2.71 bits per heavy atom. The molecule has 0 saturated heterocycles. The lowest BCUT2D eigenvalue weighted by Crippen LogP contribution is -2.35. The van der Waals surface area contributed by atoms with E-state index >= 15 is 0 Å². The molecule has 5 heteroatoms. The normalized spacial score (nSPS) is 21.0. The highest BCUT2D eigenvalue weighted by atomic mass is 35.5. The van der Waals surface area contributed by atoms with Gasteiger partial charge in [-0.1, -0.05) is 29.8 Å². The number of ketones is 1.